The summed E-state index contributed by atoms with van der Waals surface area (Å²) >= 11 is 0. The van der Waals surface area contributed by atoms with Gasteiger partial charge >= 0.3 is 0 Å². The Kier molecular flexibility index (Phi) is 6.43. The van der Waals surface area contributed by atoms with Crippen LogP contribution in [0.3, 0.4) is 0 Å². The van der Waals surface area contributed by atoms with Crippen molar-refractivity contribution in [2.45, 2.75) is 19.8 Å². The Morgan fingerprint density at radius 2 is 1.78 bits per heavy atom. The number of nitrogens with one attached hydrogen (secondary N) is 1. The van der Waals surface area contributed by atoms with Crippen LogP contribution in [0, 0.1) is 24.1 Å². The Morgan fingerprint density at radius 1 is 1.06 bits per heavy atom. The zero-order valence-corrected chi connectivity index (χ0v) is 18.1. The second kappa shape index (κ2) is 9.58. The third-order valence-corrected chi connectivity index (χ3v) is 5.44. The summed E-state index contributed by atoms with van der Waals surface area (Å²) in [6.45, 7) is 4.52. The largest absolute Gasteiger partial charge is 0.493 e. The van der Waals surface area contributed by atoms with Gasteiger partial charge < -0.3 is 10.1 Å². The third-order valence-electron chi connectivity index (χ3n) is 5.44. The average molecular weight is 429 g/mol. The molecule has 2 aromatic heterocycles. The molecule has 5 rings (SSSR count). The molecule has 0 spiro atoms. The normalized spacial score (nSPS) is 12.8. The number of aryl methyl sites for hydroxylation is 1. The highest BCUT2D eigenvalue weighted by molar-refractivity contribution is 5.85. The number of ether oxygens (including phenoxy) is 1. The molecule has 1 saturated heterocycles. The van der Waals surface area contributed by atoms with Gasteiger partial charge in [0.05, 0.1) is 18.4 Å². The van der Waals surface area contributed by atoms with E-state index < -0.39 is 5.82 Å². The van der Waals surface area contributed by atoms with Crippen molar-refractivity contribution in [2.24, 2.45) is 0 Å². The van der Waals surface area contributed by atoms with Crippen LogP contribution in [0.15, 0.2) is 54.9 Å². The molecule has 1 N–H and O–H groups in total. The summed E-state index contributed by atoms with van der Waals surface area (Å²) in [6.07, 6.45) is 4.39. The smallest absolute Gasteiger partial charge is 0.203 e. The average Bonchev–Trinajstić information content (AvgIpc) is 3.54. The number of aromatic nitrogens is 3. The maximum absolute atomic E-state index is 14.3. The number of pyridine rings is 1. The molecule has 1 aliphatic rings. The monoisotopic (exact) mass is 429 g/mol. The summed E-state index contributed by atoms with van der Waals surface area (Å²) in [5.74, 6) is -0.0317. The molecule has 0 bridgehead atoms. The SMILES string of the molecule is C1CCNC1.COc1cc(-c2ccc(C#N)c(F)c2)c(-c2ccc(C)cc2)n2cnnc12. The predicted octanol–water partition coefficient (Wildman–Crippen LogP) is 4.76. The lowest BCUT2D eigenvalue weighted by Gasteiger charge is -2.15. The summed E-state index contributed by atoms with van der Waals surface area (Å²) in [7, 11) is 1.55. The minimum Gasteiger partial charge on any atom is -0.493 e. The number of halogens is 1. The molecule has 7 heteroatoms. The molecule has 0 amide bonds. The van der Waals surface area contributed by atoms with Crippen molar-refractivity contribution >= 4 is 5.65 Å². The van der Waals surface area contributed by atoms with Crippen molar-refractivity contribution in [3.63, 3.8) is 0 Å². The van der Waals surface area contributed by atoms with E-state index in [1.54, 1.807) is 19.5 Å². The van der Waals surface area contributed by atoms with E-state index in [2.05, 4.69) is 15.5 Å². The van der Waals surface area contributed by atoms with Crippen LogP contribution in [0.2, 0.25) is 0 Å². The van der Waals surface area contributed by atoms with Gasteiger partial charge in [0, 0.05) is 5.56 Å². The van der Waals surface area contributed by atoms with Crippen LogP contribution >= 0.6 is 0 Å². The van der Waals surface area contributed by atoms with Crippen molar-refractivity contribution < 1.29 is 9.13 Å². The lowest BCUT2D eigenvalue weighted by Crippen LogP contribution is -2.03. The Morgan fingerprint density at radius 3 is 2.38 bits per heavy atom. The van der Waals surface area contributed by atoms with Crippen LogP contribution in [0.1, 0.15) is 24.0 Å². The third kappa shape index (κ3) is 4.32. The van der Waals surface area contributed by atoms with Gasteiger partial charge in [0.2, 0.25) is 5.65 Å². The molecule has 0 saturated carbocycles. The van der Waals surface area contributed by atoms with Crippen LogP contribution in [0.4, 0.5) is 4.39 Å². The first kappa shape index (κ1) is 21.5. The fourth-order valence-corrected chi connectivity index (χ4v) is 3.74. The van der Waals surface area contributed by atoms with E-state index in [1.165, 1.54) is 38.1 Å². The highest BCUT2D eigenvalue weighted by Gasteiger charge is 2.18. The van der Waals surface area contributed by atoms with Crippen LogP contribution in [-0.4, -0.2) is 34.8 Å². The van der Waals surface area contributed by atoms with E-state index in [9.17, 15) is 4.39 Å². The molecule has 2 aromatic carbocycles. The maximum Gasteiger partial charge on any atom is 0.203 e. The van der Waals surface area contributed by atoms with Crippen LogP contribution < -0.4 is 10.1 Å². The molecule has 1 aliphatic heterocycles. The number of fused-ring (bicyclic) bond motifs is 1. The maximum atomic E-state index is 14.3. The molecule has 162 valence electrons. The molecule has 0 radical (unpaired) electrons. The van der Waals surface area contributed by atoms with Gasteiger partial charge in [-0.3, -0.25) is 4.40 Å². The first-order valence-electron chi connectivity index (χ1n) is 10.5. The van der Waals surface area contributed by atoms with Gasteiger partial charge in [-0.05, 0) is 62.2 Å². The number of nitriles is 1. The zero-order valence-electron chi connectivity index (χ0n) is 18.1. The Balaban J connectivity index is 0.000000433. The van der Waals surface area contributed by atoms with Crippen LogP contribution in [0.5, 0.6) is 5.75 Å². The van der Waals surface area contributed by atoms with E-state index in [0.29, 0.717) is 17.0 Å². The highest BCUT2D eigenvalue weighted by Crippen LogP contribution is 2.37. The van der Waals surface area contributed by atoms with Gasteiger partial charge in [-0.15, -0.1) is 10.2 Å². The molecule has 0 atom stereocenters. The highest BCUT2D eigenvalue weighted by atomic mass is 19.1. The molecule has 3 heterocycles. The van der Waals surface area contributed by atoms with E-state index in [4.69, 9.17) is 10.00 Å². The van der Waals surface area contributed by atoms with Crippen molar-refractivity contribution in [2.75, 3.05) is 20.2 Å². The summed E-state index contributed by atoms with van der Waals surface area (Å²) in [6, 6.07) is 16.3. The van der Waals surface area contributed by atoms with Crippen molar-refractivity contribution in [1.29, 1.82) is 5.26 Å². The van der Waals surface area contributed by atoms with E-state index in [1.807, 2.05) is 47.7 Å². The first-order valence-corrected chi connectivity index (χ1v) is 10.5. The molecule has 0 aliphatic carbocycles. The molecule has 1 fully saturated rings. The molecule has 32 heavy (non-hydrogen) atoms. The van der Waals surface area contributed by atoms with Crippen molar-refractivity contribution in [3.05, 3.63) is 71.8 Å². The number of benzene rings is 2. The standard InChI is InChI=1S/C21H15FN4O.C4H9N/c1-13-3-5-14(6-4-13)20-17(15-7-8-16(11-23)18(22)9-15)10-19(27-2)21-25-24-12-26(20)21;1-2-4-5-3-1/h3-10,12H,1-2H3;5H,1-4H2. The number of hydrogen-bond acceptors (Lipinski definition) is 5. The molecular formula is C25H24FN5O. The zero-order chi connectivity index (χ0) is 22.5. The van der Waals surface area contributed by atoms with Crippen LogP contribution in [-0.2, 0) is 0 Å². The lowest BCUT2D eigenvalue weighted by molar-refractivity contribution is 0.417. The summed E-state index contributed by atoms with van der Waals surface area (Å²) in [5.41, 5.74) is 4.87. The van der Waals surface area contributed by atoms with Gasteiger partial charge in [0.15, 0.2) is 5.75 Å². The van der Waals surface area contributed by atoms with Gasteiger partial charge in [0.1, 0.15) is 18.2 Å². The van der Waals surface area contributed by atoms with Gasteiger partial charge in [-0.25, -0.2) is 4.39 Å². The van der Waals surface area contributed by atoms with Gasteiger partial charge in [-0.2, -0.15) is 5.26 Å². The fraction of sp³-hybridized carbons (Fsp3) is 0.240. The second-order valence-corrected chi connectivity index (χ2v) is 7.63. The van der Waals surface area contributed by atoms with Gasteiger partial charge in [-0.1, -0.05) is 35.9 Å². The number of nitrogens with zero attached hydrogens (tertiary/aromatic N) is 4. The first-order chi connectivity index (χ1) is 15.6. The Labute approximate surface area is 186 Å². The minimum absolute atomic E-state index is 0.00739. The minimum atomic E-state index is -0.562. The predicted molar refractivity (Wildman–Crippen MR) is 122 cm³/mol. The van der Waals surface area contributed by atoms with E-state index in [0.717, 1.165) is 22.4 Å². The molecule has 4 aromatic rings. The summed E-state index contributed by atoms with van der Waals surface area (Å²) in [5, 5.41) is 20.4. The van der Waals surface area contributed by atoms with E-state index >= 15 is 0 Å². The summed E-state index contributed by atoms with van der Waals surface area (Å²) < 4.78 is 21.6. The van der Waals surface area contributed by atoms with Crippen molar-refractivity contribution in [1.82, 2.24) is 19.9 Å². The molecule has 0 unspecified atom stereocenters. The van der Waals surface area contributed by atoms with E-state index in [-0.39, 0.29) is 5.56 Å². The number of hydrogen-bond donors (Lipinski definition) is 1. The number of rotatable bonds is 3. The lowest BCUT2D eigenvalue weighted by atomic mass is 9.97. The Bertz CT molecular complexity index is 1260. The molecular weight excluding hydrogens is 405 g/mol. The molecule has 6 nitrogen and oxygen atoms in total. The van der Waals surface area contributed by atoms with Crippen LogP contribution in [0.25, 0.3) is 28.0 Å². The van der Waals surface area contributed by atoms with Gasteiger partial charge in [0.25, 0.3) is 0 Å². The topological polar surface area (TPSA) is 75.2 Å². The number of methoxy groups -OCH3 is 1. The van der Waals surface area contributed by atoms with Crippen molar-refractivity contribution in [3.8, 4) is 34.2 Å². The Hall–Kier alpha value is -3.76. The second-order valence-electron chi connectivity index (χ2n) is 7.63. The summed E-state index contributed by atoms with van der Waals surface area (Å²) in [4.78, 5) is 0. The fourth-order valence-electron chi connectivity index (χ4n) is 3.74. The quantitative estimate of drug-likeness (QED) is 0.508.